The van der Waals surface area contributed by atoms with Crippen molar-refractivity contribution in [2.75, 3.05) is 25.0 Å². The lowest BCUT2D eigenvalue weighted by Crippen LogP contribution is -2.28. The molecule has 0 heterocycles. The Morgan fingerprint density at radius 1 is 1.46 bits per heavy atom. The van der Waals surface area contributed by atoms with E-state index in [0.29, 0.717) is 13.2 Å². The molecule has 78 valence electrons. The molecule has 0 rings (SSSR count). The summed E-state index contributed by atoms with van der Waals surface area (Å²) in [5, 5.41) is -0.417. The highest BCUT2D eigenvalue weighted by Gasteiger charge is 2.05. The lowest BCUT2D eigenvalue weighted by Gasteiger charge is -2.03. The van der Waals surface area contributed by atoms with Gasteiger partial charge in [-0.15, -0.1) is 18.2 Å². The molecule has 0 aromatic carbocycles. The second kappa shape index (κ2) is 7.32. The summed E-state index contributed by atoms with van der Waals surface area (Å²) in [7, 11) is -3.30. The van der Waals surface area contributed by atoms with Crippen LogP contribution >= 0.6 is 11.6 Å². The average Bonchev–Trinajstić information content (AvgIpc) is 2.11. The first kappa shape index (κ1) is 12.9. The summed E-state index contributed by atoms with van der Waals surface area (Å²) < 4.78 is 28.9. The maximum atomic E-state index is 10.8. The average molecular weight is 228 g/mol. The number of hydrogen-bond acceptors (Lipinski definition) is 3. The molecule has 0 aliphatic heterocycles. The van der Waals surface area contributed by atoms with Gasteiger partial charge in [0.15, 0.2) is 0 Å². The maximum Gasteiger partial charge on any atom is 0.225 e. The van der Waals surface area contributed by atoms with Gasteiger partial charge in [-0.2, -0.15) is 0 Å². The van der Waals surface area contributed by atoms with E-state index < -0.39 is 15.2 Å². The standard InChI is InChI=1S/C7H14ClNO3S/c1-2-3-5-12-6-4-9-13(10,11)7-8/h2,9H,1,3-7H2. The van der Waals surface area contributed by atoms with E-state index in [-0.39, 0.29) is 6.54 Å². The summed E-state index contributed by atoms with van der Waals surface area (Å²) in [5.74, 6) is 0. The van der Waals surface area contributed by atoms with Gasteiger partial charge in [0.25, 0.3) is 0 Å². The van der Waals surface area contributed by atoms with Crippen molar-refractivity contribution in [2.45, 2.75) is 6.42 Å². The van der Waals surface area contributed by atoms with Crippen molar-refractivity contribution in [3.63, 3.8) is 0 Å². The second-order valence-corrected chi connectivity index (χ2v) is 4.70. The van der Waals surface area contributed by atoms with Crippen LogP contribution in [0.1, 0.15) is 6.42 Å². The molecule has 0 bridgehead atoms. The highest BCUT2D eigenvalue weighted by molar-refractivity contribution is 7.90. The molecule has 0 atom stereocenters. The SMILES string of the molecule is C=CCCOCCNS(=O)(=O)CCl. The third-order valence-corrected chi connectivity index (χ3v) is 2.97. The topological polar surface area (TPSA) is 55.4 Å². The number of nitrogens with one attached hydrogen (secondary N) is 1. The van der Waals surface area contributed by atoms with Crippen molar-refractivity contribution in [1.82, 2.24) is 4.72 Å². The molecule has 6 heteroatoms. The first-order valence-electron chi connectivity index (χ1n) is 3.84. The Morgan fingerprint density at radius 3 is 2.69 bits per heavy atom. The van der Waals surface area contributed by atoms with E-state index in [1.165, 1.54) is 0 Å². The lowest BCUT2D eigenvalue weighted by molar-refractivity contribution is 0.144. The van der Waals surface area contributed by atoms with E-state index in [4.69, 9.17) is 16.3 Å². The Balaban J connectivity index is 3.31. The van der Waals surface area contributed by atoms with E-state index in [1.807, 2.05) is 0 Å². The highest BCUT2D eigenvalue weighted by atomic mass is 35.5. The van der Waals surface area contributed by atoms with Crippen molar-refractivity contribution < 1.29 is 13.2 Å². The minimum Gasteiger partial charge on any atom is -0.380 e. The number of sulfonamides is 1. The number of ether oxygens (including phenoxy) is 1. The molecule has 0 saturated carbocycles. The molecule has 4 nitrogen and oxygen atoms in total. The molecule has 0 aliphatic carbocycles. The van der Waals surface area contributed by atoms with E-state index in [2.05, 4.69) is 11.3 Å². The first-order chi connectivity index (χ1) is 6.12. The minimum atomic E-state index is -3.30. The van der Waals surface area contributed by atoms with Crippen LogP contribution in [0, 0.1) is 0 Å². The smallest absolute Gasteiger partial charge is 0.225 e. The summed E-state index contributed by atoms with van der Waals surface area (Å²) >= 11 is 5.15. The molecule has 0 fully saturated rings. The Morgan fingerprint density at radius 2 is 2.15 bits per heavy atom. The molecule has 0 spiro atoms. The van der Waals surface area contributed by atoms with Crippen LogP contribution < -0.4 is 4.72 Å². The van der Waals surface area contributed by atoms with Gasteiger partial charge in [0.05, 0.1) is 13.2 Å². The largest absolute Gasteiger partial charge is 0.380 e. The lowest BCUT2D eigenvalue weighted by atomic mass is 10.5. The third-order valence-electron chi connectivity index (χ3n) is 1.18. The van der Waals surface area contributed by atoms with Crippen LogP contribution in [0.5, 0.6) is 0 Å². The maximum absolute atomic E-state index is 10.8. The van der Waals surface area contributed by atoms with Gasteiger partial charge in [-0.05, 0) is 6.42 Å². The summed E-state index contributed by atoms with van der Waals surface area (Å²) in [6.07, 6.45) is 2.51. The van der Waals surface area contributed by atoms with E-state index in [1.54, 1.807) is 6.08 Å². The van der Waals surface area contributed by atoms with Gasteiger partial charge < -0.3 is 4.74 Å². The normalized spacial score (nSPS) is 11.5. The quantitative estimate of drug-likeness (QED) is 0.377. The van der Waals surface area contributed by atoms with Crippen LogP contribution in [0.2, 0.25) is 0 Å². The molecular formula is C7H14ClNO3S. The van der Waals surface area contributed by atoms with Crippen LogP contribution in [-0.4, -0.2) is 33.4 Å². The summed E-state index contributed by atoms with van der Waals surface area (Å²) in [5.41, 5.74) is 0. The van der Waals surface area contributed by atoms with E-state index in [0.717, 1.165) is 6.42 Å². The van der Waals surface area contributed by atoms with Crippen LogP contribution in [0.4, 0.5) is 0 Å². The molecular weight excluding hydrogens is 214 g/mol. The van der Waals surface area contributed by atoms with E-state index >= 15 is 0 Å². The summed E-state index contributed by atoms with van der Waals surface area (Å²) in [6, 6.07) is 0. The zero-order valence-corrected chi connectivity index (χ0v) is 8.90. The second-order valence-electron chi connectivity index (χ2n) is 2.31. The molecule has 0 aliphatic rings. The minimum absolute atomic E-state index is 0.256. The van der Waals surface area contributed by atoms with Gasteiger partial charge in [-0.1, -0.05) is 6.08 Å². The number of alkyl halides is 1. The highest BCUT2D eigenvalue weighted by Crippen LogP contribution is 1.87. The molecule has 0 aromatic rings. The van der Waals surface area contributed by atoms with Crippen LogP contribution in [-0.2, 0) is 14.8 Å². The first-order valence-corrected chi connectivity index (χ1v) is 6.03. The van der Waals surface area contributed by atoms with Crippen LogP contribution in [0.15, 0.2) is 12.7 Å². The van der Waals surface area contributed by atoms with Crippen molar-refractivity contribution >= 4 is 21.6 Å². The zero-order valence-electron chi connectivity index (χ0n) is 7.33. The van der Waals surface area contributed by atoms with Gasteiger partial charge in [-0.3, -0.25) is 0 Å². The fraction of sp³-hybridized carbons (Fsp3) is 0.714. The van der Waals surface area contributed by atoms with Crippen LogP contribution in [0.3, 0.4) is 0 Å². The van der Waals surface area contributed by atoms with Gasteiger partial charge in [-0.25, -0.2) is 13.1 Å². The third kappa shape index (κ3) is 8.24. The predicted octanol–water partition coefficient (Wildman–Crippen LogP) is 0.695. The van der Waals surface area contributed by atoms with Crippen LogP contribution in [0.25, 0.3) is 0 Å². The Labute approximate surface area is 84.0 Å². The number of hydrogen-bond donors (Lipinski definition) is 1. The Bertz CT molecular complexity index is 228. The molecule has 0 saturated heterocycles. The summed E-state index contributed by atoms with van der Waals surface area (Å²) in [4.78, 5) is 0. The van der Waals surface area contributed by atoms with Crippen molar-refractivity contribution in [1.29, 1.82) is 0 Å². The Kier molecular flexibility index (Phi) is 7.26. The fourth-order valence-corrected chi connectivity index (χ4v) is 1.28. The molecule has 0 aromatic heterocycles. The summed E-state index contributed by atoms with van der Waals surface area (Å²) in [6.45, 7) is 4.69. The molecule has 0 unspecified atom stereocenters. The molecule has 0 amide bonds. The van der Waals surface area contributed by atoms with Gasteiger partial charge in [0.2, 0.25) is 10.0 Å². The monoisotopic (exact) mass is 227 g/mol. The van der Waals surface area contributed by atoms with Crippen molar-refractivity contribution in [3.05, 3.63) is 12.7 Å². The number of rotatable bonds is 8. The predicted molar refractivity (Wildman–Crippen MR) is 53.3 cm³/mol. The van der Waals surface area contributed by atoms with Gasteiger partial charge >= 0.3 is 0 Å². The van der Waals surface area contributed by atoms with Gasteiger partial charge in [0.1, 0.15) is 5.21 Å². The molecule has 1 N–H and O–H groups in total. The van der Waals surface area contributed by atoms with Crippen molar-refractivity contribution in [2.24, 2.45) is 0 Å². The fourth-order valence-electron chi connectivity index (χ4n) is 0.577. The molecule has 13 heavy (non-hydrogen) atoms. The molecule has 0 radical (unpaired) electrons. The zero-order chi connectivity index (χ0) is 10.2. The Hall–Kier alpha value is -0.100. The van der Waals surface area contributed by atoms with Crippen molar-refractivity contribution in [3.8, 4) is 0 Å². The number of halogens is 1. The van der Waals surface area contributed by atoms with E-state index in [9.17, 15) is 8.42 Å². The van der Waals surface area contributed by atoms with Gasteiger partial charge in [0, 0.05) is 6.54 Å².